The molecule has 0 aliphatic carbocycles. The van der Waals surface area contributed by atoms with Gasteiger partial charge in [-0.05, 0) is 35.4 Å². The van der Waals surface area contributed by atoms with Crippen LogP contribution in [0, 0.1) is 17.6 Å². The van der Waals surface area contributed by atoms with Crippen molar-refractivity contribution in [3.05, 3.63) is 82.9 Å². The highest BCUT2D eigenvalue weighted by Gasteiger charge is 2.10. The monoisotopic (exact) mass is 348 g/mol. The number of benzene rings is 2. The van der Waals surface area contributed by atoms with E-state index >= 15 is 0 Å². The Morgan fingerprint density at radius 2 is 1.83 bits per heavy atom. The lowest BCUT2D eigenvalue weighted by Gasteiger charge is -2.11. The van der Waals surface area contributed by atoms with Crippen LogP contribution in [-0.4, -0.2) is 4.98 Å². The van der Waals surface area contributed by atoms with E-state index in [0.717, 1.165) is 0 Å². The molecule has 122 valence electrons. The van der Waals surface area contributed by atoms with E-state index in [-0.39, 0.29) is 23.1 Å². The molecule has 2 nitrogen and oxygen atoms in total. The molecule has 3 aromatic rings. The number of anilines is 1. The van der Waals surface area contributed by atoms with Crippen LogP contribution in [0.5, 0.6) is 0 Å². The Kier molecular flexibility index (Phi) is 4.71. The van der Waals surface area contributed by atoms with Crippen molar-refractivity contribution in [2.45, 2.75) is 6.54 Å². The Bertz CT molecular complexity index is 884. The van der Waals surface area contributed by atoms with Crippen molar-refractivity contribution >= 4 is 17.3 Å². The average Bonchev–Trinajstić information content (AvgIpc) is 2.56. The molecule has 2 aromatic carbocycles. The molecule has 6 heteroatoms. The fraction of sp³-hybridized carbons (Fsp3) is 0.0556. The largest absolute Gasteiger partial charge is 0.379 e. The Morgan fingerprint density at radius 1 is 1.00 bits per heavy atom. The fourth-order valence-electron chi connectivity index (χ4n) is 2.31. The van der Waals surface area contributed by atoms with E-state index in [2.05, 4.69) is 10.3 Å². The van der Waals surface area contributed by atoms with Crippen LogP contribution in [0.3, 0.4) is 0 Å². The first kappa shape index (κ1) is 16.3. The van der Waals surface area contributed by atoms with Gasteiger partial charge in [-0.15, -0.1) is 0 Å². The highest BCUT2D eigenvalue weighted by atomic mass is 35.5. The third kappa shape index (κ3) is 3.68. The van der Waals surface area contributed by atoms with Gasteiger partial charge in [0.25, 0.3) is 0 Å². The number of nitrogens with one attached hydrogen (secondary N) is 1. The van der Waals surface area contributed by atoms with Crippen molar-refractivity contribution in [2.24, 2.45) is 0 Å². The van der Waals surface area contributed by atoms with Gasteiger partial charge in [0.1, 0.15) is 11.6 Å². The molecule has 3 rings (SSSR count). The summed E-state index contributed by atoms with van der Waals surface area (Å²) in [6.07, 6.45) is 1.20. The molecule has 1 N–H and O–H groups in total. The number of pyridine rings is 1. The highest BCUT2D eigenvalue weighted by Crippen LogP contribution is 2.30. The second kappa shape index (κ2) is 6.93. The maximum absolute atomic E-state index is 14.0. The van der Waals surface area contributed by atoms with Crippen molar-refractivity contribution in [1.82, 2.24) is 4.98 Å². The Morgan fingerprint density at radius 3 is 2.62 bits per heavy atom. The smallest absolute Gasteiger partial charge is 0.213 e. The Hall–Kier alpha value is -2.53. The molecule has 24 heavy (non-hydrogen) atoms. The zero-order valence-corrected chi connectivity index (χ0v) is 13.1. The van der Waals surface area contributed by atoms with E-state index in [1.165, 1.54) is 42.6 Å². The molecule has 0 amide bonds. The summed E-state index contributed by atoms with van der Waals surface area (Å²) in [4.78, 5) is 3.47. The molecule has 0 aliphatic heterocycles. The maximum Gasteiger partial charge on any atom is 0.213 e. The summed E-state index contributed by atoms with van der Waals surface area (Å²) in [5, 5.41) is 3.17. The van der Waals surface area contributed by atoms with Gasteiger partial charge in [-0.25, -0.2) is 13.8 Å². The van der Waals surface area contributed by atoms with Crippen molar-refractivity contribution < 1.29 is 13.2 Å². The highest BCUT2D eigenvalue weighted by molar-refractivity contribution is 6.33. The number of rotatable bonds is 4. The summed E-state index contributed by atoms with van der Waals surface area (Å²) >= 11 is 6.03. The topological polar surface area (TPSA) is 24.9 Å². The molecule has 1 heterocycles. The molecule has 0 saturated carbocycles. The Balaban J connectivity index is 1.87. The zero-order chi connectivity index (χ0) is 17.1. The van der Waals surface area contributed by atoms with Crippen molar-refractivity contribution in [3.8, 4) is 11.1 Å². The lowest BCUT2D eigenvalue weighted by molar-refractivity contribution is 0.584. The van der Waals surface area contributed by atoms with Crippen LogP contribution in [0.25, 0.3) is 11.1 Å². The van der Waals surface area contributed by atoms with Gasteiger partial charge in [-0.3, -0.25) is 0 Å². The minimum absolute atomic E-state index is 0.213. The minimum Gasteiger partial charge on any atom is -0.379 e. The lowest BCUT2D eigenvalue weighted by Crippen LogP contribution is -2.02. The first-order chi connectivity index (χ1) is 11.5. The van der Waals surface area contributed by atoms with Gasteiger partial charge in [0.2, 0.25) is 5.95 Å². The predicted octanol–water partition coefficient (Wildman–Crippen LogP) is 5.43. The standard InChI is InChI=1S/C18H12ClF3N2/c19-15-10-24-18(22)8-14(15)12-4-5-16(21)17(7-12)23-9-11-2-1-3-13(20)6-11/h1-8,10,23H,9H2. The maximum atomic E-state index is 14.0. The molecular weight excluding hydrogens is 337 g/mol. The second-order valence-electron chi connectivity index (χ2n) is 5.16. The van der Waals surface area contributed by atoms with E-state index in [4.69, 9.17) is 11.6 Å². The zero-order valence-electron chi connectivity index (χ0n) is 12.4. The number of aromatic nitrogens is 1. The van der Waals surface area contributed by atoms with Crippen LogP contribution in [0.4, 0.5) is 18.9 Å². The quantitative estimate of drug-likeness (QED) is 0.636. The molecule has 0 atom stereocenters. The van der Waals surface area contributed by atoms with Crippen LogP contribution in [0.2, 0.25) is 5.02 Å². The van der Waals surface area contributed by atoms with Crippen molar-refractivity contribution in [1.29, 1.82) is 0 Å². The van der Waals surface area contributed by atoms with E-state index in [1.54, 1.807) is 12.1 Å². The number of hydrogen-bond acceptors (Lipinski definition) is 2. The number of hydrogen-bond donors (Lipinski definition) is 1. The van der Waals surface area contributed by atoms with E-state index in [1.807, 2.05) is 0 Å². The first-order valence-corrected chi connectivity index (χ1v) is 7.50. The SMILES string of the molecule is Fc1cccc(CNc2cc(-c3cc(F)ncc3Cl)ccc2F)c1. The molecule has 0 radical (unpaired) electrons. The average molecular weight is 349 g/mol. The van der Waals surface area contributed by atoms with Gasteiger partial charge >= 0.3 is 0 Å². The van der Waals surface area contributed by atoms with E-state index < -0.39 is 11.8 Å². The van der Waals surface area contributed by atoms with Crippen LogP contribution >= 0.6 is 11.6 Å². The molecule has 0 fully saturated rings. The fourth-order valence-corrected chi connectivity index (χ4v) is 2.52. The predicted molar refractivity (Wildman–Crippen MR) is 88.3 cm³/mol. The Labute approximate surface area is 141 Å². The first-order valence-electron chi connectivity index (χ1n) is 7.12. The van der Waals surface area contributed by atoms with Crippen molar-refractivity contribution in [3.63, 3.8) is 0 Å². The van der Waals surface area contributed by atoms with E-state index in [9.17, 15) is 13.2 Å². The van der Waals surface area contributed by atoms with Crippen LogP contribution in [0.15, 0.2) is 54.7 Å². The molecule has 0 bridgehead atoms. The normalized spacial score (nSPS) is 10.7. The summed E-state index contributed by atoms with van der Waals surface area (Å²) in [5.74, 6) is -1.50. The summed E-state index contributed by atoms with van der Waals surface area (Å²) in [6.45, 7) is 0.247. The summed E-state index contributed by atoms with van der Waals surface area (Å²) in [6, 6.07) is 11.5. The number of nitrogens with zero attached hydrogens (tertiary/aromatic N) is 1. The van der Waals surface area contributed by atoms with Gasteiger partial charge in [0.05, 0.1) is 10.7 Å². The molecule has 1 aromatic heterocycles. The summed E-state index contributed by atoms with van der Waals surface area (Å²) in [7, 11) is 0. The third-order valence-corrected chi connectivity index (χ3v) is 3.77. The van der Waals surface area contributed by atoms with E-state index in [0.29, 0.717) is 16.7 Å². The van der Waals surface area contributed by atoms with Crippen LogP contribution in [-0.2, 0) is 6.54 Å². The minimum atomic E-state index is -0.673. The molecule has 0 unspecified atom stereocenters. The lowest BCUT2D eigenvalue weighted by atomic mass is 10.1. The van der Waals surface area contributed by atoms with Gasteiger partial charge in [0.15, 0.2) is 0 Å². The molecular formula is C18H12ClF3N2. The van der Waals surface area contributed by atoms with Crippen LogP contribution in [0.1, 0.15) is 5.56 Å². The molecule has 0 saturated heterocycles. The number of halogens is 4. The van der Waals surface area contributed by atoms with Gasteiger partial charge in [0, 0.05) is 24.4 Å². The molecule has 0 spiro atoms. The summed E-state index contributed by atoms with van der Waals surface area (Å²) < 4.78 is 40.5. The summed E-state index contributed by atoms with van der Waals surface area (Å²) in [5.41, 5.74) is 1.85. The second-order valence-corrected chi connectivity index (χ2v) is 5.57. The van der Waals surface area contributed by atoms with Crippen LogP contribution < -0.4 is 5.32 Å². The van der Waals surface area contributed by atoms with Gasteiger partial charge in [-0.1, -0.05) is 29.8 Å². The van der Waals surface area contributed by atoms with Gasteiger partial charge < -0.3 is 5.32 Å². The molecule has 0 aliphatic rings. The van der Waals surface area contributed by atoms with Crippen molar-refractivity contribution in [2.75, 3.05) is 5.32 Å². The third-order valence-electron chi connectivity index (χ3n) is 3.47. The van der Waals surface area contributed by atoms with Gasteiger partial charge in [-0.2, -0.15) is 4.39 Å².